The molecular formula is C14H16BrN3O2S. The van der Waals surface area contributed by atoms with Gasteiger partial charge in [-0.05, 0) is 49.9 Å². The lowest BCUT2D eigenvalue weighted by atomic mass is 10.2. The summed E-state index contributed by atoms with van der Waals surface area (Å²) in [7, 11) is -2.13. The Hall–Kier alpha value is -1.57. The van der Waals surface area contributed by atoms with Crippen molar-refractivity contribution in [1.82, 2.24) is 4.72 Å². The largest absolute Gasteiger partial charge is 0.397 e. The van der Waals surface area contributed by atoms with Gasteiger partial charge in [-0.2, -0.15) is 0 Å². The summed E-state index contributed by atoms with van der Waals surface area (Å²) >= 11 is 3.42. The molecule has 5 nitrogen and oxygen atoms in total. The van der Waals surface area contributed by atoms with Crippen LogP contribution in [0.2, 0.25) is 0 Å². The van der Waals surface area contributed by atoms with E-state index in [1.54, 1.807) is 6.07 Å². The number of hydrogen-bond acceptors (Lipinski definition) is 4. The average Bonchev–Trinajstić information content (AvgIpc) is 2.44. The molecule has 4 N–H and O–H groups in total. The van der Waals surface area contributed by atoms with Crippen molar-refractivity contribution >= 4 is 43.0 Å². The molecule has 0 spiro atoms. The summed E-state index contributed by atoms with van der Waals surface area (Å²) in [4.78, 5) is 0.138. The van der Waals surface area contributed by atoms with Crippen LogP contribution in [0.25, 0.3) is 0 Å². The Kier molecular flexibility index (Phi) is 4.55. The van der Waals surface area contributed by atoms with E-state index in [1.165, 1.54) is 19.2 Å². The minimum absolute atomic E-state index is 0.138. The summed E-state index contributed by atoms with van der Waals surface area (Å²) in [5, 5.41) is 3.21. The molecule has 0 unspecified atom stereocenters. The normalized spacial score (nSPS) is 11.4. The Morgan fingerprint density at radius 2 is 1.81 bits per heavy atom. The third-order valence-corrected chi connectivity index (χ3v) is 4.98. The summed E-state index contributed by atoms with van der Waals surface area (Å²) < 4.78 is 26.7. The van der Waals surface area contributed by atoms with Gasteiger partial charge in [-0.25, -0.2) is 13.1 Å². The van der Waals surface area contributed by atoms with E-state index in [4.69, 9.17) is 5.73 Å². The van der Waals surface area contributed by atoms with E-state index in [1.807, 2.05) is 25.1 Å². The number of benzene rings is 2. The van der Waals surface area contributed by atoms with Crippen LogP contribution in [0.4, 0.5) is 17.1 Å². The van der Waals surface area contributed by atoms with Crippen LogP contribution in [0.5, 0.6) is 0 Å². The fourth-order valence-electron chi connectivity index (χ4n) is 1.81. The maximum Gasteiger partial charge on any atom is 0.240 e. The lowest BCUT2D eigenvalue weighted by Gasteiger charge is -2.13. The van der Waals surface area contributed by atoms with E-state index >= 15 is 0 Å². The first-order chi connectivity index (χ1) is 9.83. The molecule has 0 saturated carbocycles. The van der Waals surface area contributed by atoms with Gasteiger partial charge in [0.25, 0.3) is 0 Å². The minimum Gasteiger partial charge on any atom is -0.397 e. The molecule has 0 saturated heterocycles. The second-order valence-electron chi connectivity index (χ2n) is 4.54. The Morgan fingerprint density at radius 3 is 2.43 bits per heavy atom. The smallest absolute Gasteiger partial charge is 0.240 e. The number of nitrogen functional groups attached to an aromatic ring is 1. The molecule has 0 aromatic heterocycles. The van der Waals surface area contributed by atoms with Gasteiger partial charge in [0.15, 0.2) is 0 Å². The highest BCUT2D eigenvalue weighted by Crippen LogP contribution is 2.29. The molecule has 0 bridgehead atoms. The zero-order valence-electron chi connectivity index (χ0n) is 11.6. The van der Waals surface area contributed by atoms with Crippen molar-refractivity contribution in [2.45, 2.75) is 11.8 Å². The Bertz CT molecular complexity index is 776. The fraction of sp³-hybridized carbons (Fsp3) is 0.143. The number of nitrogens with one attached hydrogen (secondary N) is 2. The molecule has 0 radical (unpaired) electrons. The maximum absolute atomic E-state index is 11.7. The van der Waals surface area contributed by atoms with Crippen molar-refractivity contribution in [1.29, 1.82) is 0 Å². The van der Waals surface area contributed by atoms with Crippen molar-refractivity contribution in [3.63, 3.8) is 0 Å². The number of rotatable bonds is 4. The number of aryl methyl sites for hydroxylation is 1. The van der Waals surface area contributed by atoms with E-state index in [-0.39, 0.29) is 4.90 Å². The van der Waals surface area contributed by atoms with Crippen LogP contribution in [0.15, 0.2) is 45.8 Å². The molecule has 0 aliphatic carbocycles. The molecule has 0 aliphatic heterocycles. The van der Waals surface area contributed by atoms with Gasteiger partial charge < -0.3 is 11.1 Å². The first-order valence-corrected chi connectivity index (χ1v) is 8.47. The minimum atomic E-state index is -3.49. The van der Waals surface area contributed by atoms with Gasteiger partial charge in [-0.15, -0.1) is 0 Å². The first-order valence-electron chi connectivity index (χ1n) is 6.20. The molecule has 0 aliphatic rings. The van der Waals surface area contributed by atoms with Gasteiger partial charge in [-0.1, -0.05) is 22.0 Å². The molecule has 2 rings (SSSR count). The molecule has 7 heteroatoms. The van der Waals surface area contributed by atoms with Gasteiger partial charge in [0.1, 0.15) is 0 Å². The van der Waals surface area contributed by atoms with Gasteiger partial charge >= 0.3 is 0 Å². The van der Waals surface area contributed by atoms with Crippen LogP contribution >= 0.6 is 15.9 Å². The van der Waals surface area contributed by atoms with Crippen LogP contribution in [0, 0.1) is 6.92 Å². The van der Waals surface area contributed by atoms with Crippen molar-refractivity contribution in [3.8, 4) is 0 Å². The molecule has 0 fully saturated rings. The van der Waals surface area contributed by atoms with E-state index in [2.05, 4.69) is 26.0 Å². The zero-order chi connectivity index (χ0) is 15.6. The van der Waals surface area contributed by atoms with E-state index in [0.717, 1.165) is 15.7 Å². The van der Waals surface area contributed by atoms with E-state index in [0.29, 0.717) is 11.4 Å². The van der Waals surface area contributed by atoms with E-state index in [9.17, 15) is 8.42 Å². The summed E-state index contributed by atoms with van der Waals surface area (Å²) in [5.41, 5.74) is 8.93. The van der Waals surface area contributed by atoms with Crippen molar-refractivity contribution in [2.24, 2.45) is 0 Å². The van der Waals surface area contributed by atoms with Gasteiger partial charge in [0, 0.05) is 10.2 Å². The van der Waals surface area contributed by atoms with E-state index < -0.39 is 10.0 Å². The summed E-state index contributed by atoms with van der Waals surface area (Å²) in [5.74, 6) is 0. The van der Waals surface area contributed by atoms with Crippen LogP contribution in [-0.4, -0.2) is 15.5 Å². The number of sulfonamides is 1. The predicted molar refractivity (Wildman–Crippen MR) is 89.3 cm³/mol. The van der Waals surface area contributed by atoms with Crippen molar-refractivity contribution in [2.75, 3.05) is 18.1 Å². The topological polar surface area (TPSA) is 84.2 Å². The SMILES string of the molecule is CNS(=O)(=O)c1ccc(Nc2cc(Br)ccc2C)c(N)c1. The second kappa shape index (κ2) is 6.05. The predicted octanol–water partition coefficient (Wildman–Crippen LogP) is 2.99. The zero-order valence-corrected chi connectivity index (χ0v) is 14.0. The van der Waals surface area contributed by atoms with Crippen LogP contribution in [0.1, 0.15) is 5.56 Å². The third-order valence-electron chi connectivity index (χ3n) is 3.07. The number of nitrogens with two attached hydrogens (primary N) is 1. The Morgan fingerprint density at radius 1 is 1.10 bits per heavy atom. The molecule has 0 amide bonds. The quantitative estimate of drug-likeness (QED) is 0.723. The van der Waals surface area contributed by atoms with Crippen LogP contribution < -0.4 is 15.8 Å². The summed E-state index contributed by atoms with van der Waals surface area (Å²) in [6.07, 6.45) is 0. The van der Waals surface area contributed by atoms with Crippen molar-refractivity contribution in [3.05, 3.63) is 46.4 Å². The number of halogens is 1. The number of anilines is 3. The first kappa shape index (κ1) is 15.8. The van der Waals surface area contributed by atoms with Crippen LogP contribution in [0.3, 0.4) is 0 Å². The highest BCUT2D eigenvalue weighted by molar-refractivity contribution is 9.10. The highest BCUT2D eigenvalue weighted by atomic mass is 79.9. The maximum atomic E-state index is 11.7. The lowest BCUT2D eigenvalue weighted by Crippen LogP contribution is -2.18. The molecule has 112 valence electrons. The van der Waals surface area contributed by atoms with Gasteiger partial charge in [0.2, 0.25) is 10.0 Å². The molecular weight excluding hydrogens is 354 g/mol. The third kappa shape index (κ3) is 3.55. The molecule has 0 atom stereocenters. The van der Waals surface area contributed by atoms with Gasteiger partial charge in [-0.3, -0.25) is 0 Å². The standard InChI is InChI=1S/C14H16BrN3O2S/c1-9-3-4-10(15)7-14(9)18-13-6-5-11(8-12(13)16)21(19,20)17-2/h3-8,17-18H,16H2,1-2H3. The molecule has 2 aromatic rings. The monoisotopic (exact) mass is 369 g/mol. The molecule has 0 heterocycles. The van der Waals surface area contributed by atoms with Crippen LogP contribution in [-0.2, 0) is 10.0 Å². The molecule has 21 heavy (non-hydrogen) atoms. The van der Waals surface area contributed by atoms with Crippen molar-refractivity contribution < 1.29 is 8.42 Å². The summed E-state index contributed by atoms with van der Waals surface area (Å²) in [6.45, 7) is 1.98. The second-order valence-corrected chi connectivity index (χ2v) is 7.34. The average molecular weight is 370 g/mol. The number of hydrogen-bond donors (Lipinski definition) is 3. The lowest BCUT2D eigenvalue weighted by molar-refractivity contribution is 0.588. The molecule has 2 aromatic carbocycles. The highest BCUT2D eigenvalue weighted by Gasteiger charge is 2.13. The fourth-order valence-corrected chi connectivity index (χ4v) is 2.94. The Labute approximate surface area is 132 Å². The summed E-state index contributed by atoms with van der Waals surface area (Å²) in [6, 6.07) is 10.5. The van der Waals surface area contributed by atoms with Gasteiger partial charge in [0.05, 0.1) is 16.3 Å². The Balaban J connectivity index is 2.36.